The molecule has 9 nitrogen and oxygen atoms in total. The summed E-state index contributed by atoms with van der Waals surface area (Å²) >= 11 is 0. The van der Waals surface area contributed by atoms with Crippen LogP contribution in [0.5, 0.6) is 17.6 Å². The van der Waals surface area contributed by atoms with Gasteiger partial charge in [0.2, 0.25) is 11.8 Å². The van der Waals surface area contributed by atoms with Gasteiger partial charge in [0.15, 0.2) is 5.82 Å². The molecule has 0 amide bonds. The SMILES string of the molecule is COCCOc1nccc(Oc2ccc(-c3nnc(Nc4cccc(C(F)(F)F)c4)[nH]3)cc2)n1. The van der Waals surface area contributed by atoms with Crippen LogP contribution in [0.15, 0.2) is 60.8 Å². The molecule has 0 saturated heterocycles. The fourth-order valence-corrected chi connectivity index (χ4v) is 2.83. The van der Waals surface area contributed by atoms with Gasteiger partial charge >= 0.3 is 12.2 Å². The molecule has 0 aliphatic heterocycles. The Labute approximate surface area is 192 Å². The van der Waals surface area contributed by atoms with Gasteiger partial charge in [0.1, 0.15) is 12.4 Å². The van der Waals surface area contributed by atoms with E-state index < -0.39 is 11.7 Å². The Morgan fingerprint density at radius 3 is 2.59 bits per heavy atom. The number of hydrogen-bond donors (Lipinski definition) is 2. The molecule has 0 radical (unpaired) electrons. The predicted octanol–water partition coefficient (Wildman–Crippen LogP) is 4.84. The molecule has 2 aromatic heterocycles. The summed E-state index contributed by atoms with van der Waals surface area (Å²) in [6.07, 6.45) is -2.91. The second-order valence-electron chi connectivity index (χ2n) is 6.87. The zero-order valence-corrected chi connectivity index (χ0v) is 17.8. The van der Waals surface area contributed by atoms with Gasteiger partial charge in [-0.05, 0) is 42.5 Å². The molecule has 2 N–H and O–H groups in total. The van der Waals surface area contributed by atoms with Gasteiger partial charge in [-0.25, -0.2) is 4.98 Å². The Balaban J connectivity index is 1.40. The number of nitrogens with one attached hydrogen (secondary N) is 2. The lowest BCUT2D eigenvalue weighted by molar-refractivity contribution is -0.137. The second-order valence-corrected chi connectivity index (χ2v) is 6.87. The van der Waals surface area contributed by atoms with Crippen LogP contribution in [0.3, 0.4) is 0 Å². The maximum absolute atomic E-state index is 12.9. The molecule has 0 bridgehead atoms. The van der Waals surface area contributed by atoms with Crippen LogP contribution in [0.25, 0.3) is 11.4 Å². The first-order valence-electron chi connectivity index (χ1n) is 10.0. The Morgan fingerprint density at radius 2 is 1.82 bits per heavy atom. The van der Waals surface area contributed by atoms with Crippen molar-refractivity contribution < 1.29 is 27.4 Å². The first-order chi connectivity index (χ1) is 16.4. The molecule has 0 fully saturated rings. The van der Waals surface area contributed by atoms with Gasteiger partial charge in [0.05, 0.1) is 12.2 Å². The molecule has 176 valence electrons. The maximum Gasteiger partial charge on any atom is 0.416 e. The first-order valence-corrected chi connectivity index (χ1v) is 10.0. The fourth-order valence-electron chi connectivity index (χ4n) is 2.83. The van der Waals surface area contributed by atoms with Crippen molar-refractivity contribution in [3.05, 3.63) is 66.4 Å². The summed E-state index contributed by atoms with van der Waals surface area (Å²) in [7, 11) is 1.57. The summed E-state index contributed by atoms with van der Waals surface area (Å²) in [4.78, 5) is 11.1. The molecule has 0 saturated carbocycles. The molecule has 2 heterocycles. The number of anilines is 2. The van der Waals surface area contributed by atoms with Gasteiger partial charge in [-0.3, -0.25) is 0 Å². The average molecular weight is 472 g/mol. The zero-order chi connectivity index (χ0) is 24.0. The fraction of sp³-hybridized carbons (Fsp3) is 0.182. The van der Waals surface area contributed by atoms with E-state index in [0.717, 1.165) is 12.1 Å². The molecular formula is C22H19F3N6O3. The van der Waals surface area contributed by atoms with Crippen LogP contribution in [0.1, 0.15) is 5.56 Å². The molecule has 4 rings (SSSR count). The van der Waals surface area contributed by atoms with E-state index in [-0.39, 0.29) is 17.6 Å². The van der Waals surface area contributed by atoms with Crippen LogP contribution >= 0.6 is 0 Å². The van der Waals surface area contributed by atoms with Gasteiger partial charge in [-0.15, -0.1) is 10.2 Å². The third kappa shape index (κ3) is 5.98. The number of benzene rings is 2. The number of H-pyrrole nitrogens is 1. The maximum atomic E-state index is 12.9. The van der Waals surface area contributed by atoms with Crippen molar-refractivity contribution >= 4 is 11.6 Å². The van der Waals surface area contributed by atoms with Gasteiger partial charge in [-0.2, -0.15) is 18.2 Å². The normalized spacial score (nSPS) is 11.3. The van der Waals surface area contributed by atoms with Crippen molar-refractivity contribution in [2.75, 3.05) is 25.6 Å². The van der Waals surface area contributed by atoms with Crippen molar-refractivity contribution in [1.29, 1.82) is 0 Å². The third-order valence-electron chi connectivity index (χ3n) is 4.42. The number of methoxy groups -OCH3 is 1. The van der Waals surface area contributed by atoms with Gasteiger partial charge < -0.3 is 24.5 Å². The van der Waals surface area contributed by atoms with E-state index in [4.69, 9.17) is 14.2 Å². The van der Waals surface area contributed by atoms with Crippen molar-refractivity contribution in [3.63, 3.8) is 0 Å². The molecule has 0 unspecified atom stereocenters. The van der Waals surface area contributed by atoms with Crippen molar-refractivity contribution in [1.82, 2.24) is 25.1 Å². The predicted molar refractivity (Wildman–Crippen MR) is 116 cm³/mol. The third-order valence-corrected chi connectivity index (χ3v) is 4.42. The number of aromatic amines is 1. The molecule has 0 aliphatic carbocycles. The summed E-state index contributed by atoms with van der Waals surface area (Å²) in [6.45, 7) is 0.727. The van der Waals surface area contributed by atoms with E-state index >= 15 is 0 Å². The van der Waals surface area contributed by atoms with E-state index in [2.05, 4.69) is 30.5 Å². The minimum Gasteiger partial charge on any atom is -0.461 e. The molecule has 2 aromatic carbocycles. The molecule has 0 spiro atoms. The number of ether oxygens (including phenoxy) is 3. The number of nitrogens with zero attached hydrogens (tertiary/aromatic N) is 4. The molecule has 0 atom stereocenters. The lowest BCUT2D eigenvalue weighted by Gasteiger charge is -2.08. The highest BCUT2D eigenvalue weighted by Crippen LogP contribution is 2.31. The number of rotatable bonds is 9. The highest BCUT2D eigenvalue weighted by molar-refractivity contribution is 5.60. The largest absolute Gasteiger partial charge is 0.461 e. The van der Waals surface area contributed by atoms with Crippen LogP contribution in [0.2, 0.25) is 0 Å². The highest BCUT2D eigenvalue weighted by Gasteiger charge is 2.30. The van der Waals surface area contributed by atoms with E-state index in [0.29, 0.717) is 36.2 Å². The first kappa shape index (κ1) is 23.0. The lowest BCUT2D eigenvalue weighted by Crippen LogP contribution is -2.06. The molecule has 0 aliphatic rings. The number of aromatic nitrogens is 5. The summed E-state index contributed by atoms with van der Waals surface area (Å²) in [5, 5.41) is 10.8. The van der Waals surface area contributed by atoms with E-state index in [1.807, 2.05) is 0 Å². The Kier molecular flexibility index (Phi) is 6.87. The van der Waals surface area contributed by atoms with E-state index in [1.165, 1.54) is 18.3 Å². The number of alkyl halides is 3. The summed E-state index contributed by atoms with van der Waals surface area (Å²) in [5.74, 6) is 1.46. The smallest absolute Gasteiger partial charge is 0.416 e. The van der Waals surface area contributed by atoms with Crippen molar-refractivity contribution in [3.8, 4) is 29.0 Å². The topological polar surface area (TPSA) is 107 Å². The minimum atomic E-state index is -4.43. The Bertz CT molecular complexity index is 1230. The Hall–Kier alpha value is -4.19. The van der Waals surface area contributed by atoms with Crippen LogP contribution < -0.4 is 14.8 Å². The zero-order valence-electron chi connectivity index (χ0n) is 17.8. The standard InChI is InChI=1S/C22H19F3N6O3/c1-32-11-12-33-21-26-10-9-18(28-21)34-17-7-5-14(6-8-17)19-29-20(31-30-19)27-16-4-2-3-15(13-16)22(23,24)25/h2-10,13H,11-12H2,1H3,(H2,27,29,30,31). The van der Waals surface area contributed by atoms with Crippen LogP contribution in [-0.4, -0.2) is 45.5 Å². The van der Waals surface area contributed by atoms with E-state index in [9.17, 15) is 13.2 Å². The summed E-state index contributed by atoms with van der Waals surface area (Å²) in [5.41, 5.74) is 0.171. The van der Waals surface area contributed by atoms with Gasteiger partial charge in [0, 0.05) is 30.6 Å². The van der Waals surface area contributed by atoms with Crippen LogP contribution in [0.4, 0.5) is 24.8 Å². The average Bonchev–Trinajstić information content (AvgIpc) is 3.28. The van der Waals surface area contributed by atoms with Gasteiger partial charge in [0.25, 0.3) is 0 Å². The quantitative estimate of drug-likeness (QED) is 0.333. The van der Waals surface area contributed by atoms with E-state index in [1.54, 1.807) is 37.4 Å². The van der Waals surface area contributed by atoms with Gasteiger partial charge in [-0.1, -0.05) is 6.07 Å². The number of hydrogen-bond acceptors (Lipinski definition) is 8. The summed E-state index contributed by atoms with van der Waals surface area (Å²) < 4.78 is 54.7. The molecule has 34 heavy (non-hydrogen) atoms. The Morgan fingerprint density at radius 1 is 1.00 bits per heavy atom. The van der Waals surface area contributed by atoms with Crippen LogP contribution in [-0.2, 0) is 10.9 Å². The molecular weight excluding hydrogens is 453 g/mol. The van der Waals surface area contributed by atoms with Crippen LogP contribution in [0, 0.1) is 0 Å². The monoisotopic (exact) mass is 472 g/mol. The molecule has 4 aromatic rings. The highest BCUT2D eigenvalue weighted by atomic mass is 19.4. The number of halogens is 3. The second kappa shape index (κ2) is 10.2. The van der Waals surface area contributed by atoms with Crippen molar-refractivity contribution in [2.45, 2.75) is 6.18 Å². The summed E-state index contributed by atoms with van der Waals surface area (Å²) in [6, 6.07) is 13.5. The lowest BCUT2D eigenvalue weighted by atomic mass is 10.2. The minimum absolute atomic E-state index is 0.175. The molecule has 12 heteroatoms. The van der Waals surface area contributed by atoms with Crippen molar-refractivity contribution in [2.24, 2.45) is 0 Å².